The molecule has 0 unspecified atom stereocenters. The second-order valence-electron chi connectivity index (χ2n) is 5.20. The number of carbonyl (C=O) groups is 1. The maximum atomic E-state index is 12.1. The molecule has 1 amide bonds. The number of pyridine rings is 1. The number of carbonyl (C=O) groups excluding carboxylic acids is 1. The zero-order valence-corrected chi connectivity index (χ0v) is 13.9. The van der Waals surface area contributed by atoms with Crippen molar-refractivity contribution in [3.05, 3.63) is 75.4 Å². The molecule has 0 spiro atoms. The largest absolute Gasteiger partial charge is 0.351 e. The molecule has 0 aliphatic carbocycles. The van der Waals surface area contributed by atoms with Crippen molar-refractivity contribution in [2.75, 3.05) is 0 Å². The molecule has 7 nitrogen and oxygen atoms in total. The van der Waals surface area contributed by atoms with Gasteiger partial charge in [-0.1, -0.05) is 24.3 Å². The van der Waals surface area contributed by atoms with E-state index in [4.69, 9.17) is 0 Å². The van der Waals surface area contributed by atoms with Gasteiger partial charge in [0.15, 0.2) is 0 Å². The summed E-state index contributed by atoms with van der Waals surface area (Å²) in [5.41, 5.74) is 1.87. The Kier molecular flexibility index (Phi) is 5.10. The number of rotatable bonds is 6. The van der Waals surface area contributed by atoms with Gasteiger partial charge in [-0.3, -0.25) is 19.9 Å². The Morgan fingerprint density at radius 1 is 1.20 bits per heavy atom. The van der Waals surface area contributed by atoms with E-state index in [0.29, 0.717) is 11.3 Å². The monoisotopic (exact) mass is 354 g/mol. The third kappa shape index (κ3) is 4.24. The van der Waals surface area contributed by atoms with Crippen LogP contribution in [0.15, 0.2) is 54.0 Å². The summed E-state index contributed by atoms with van der Waals surface area (Å²) in [6.45, 7) is 0.104. The molecule has 0 aliphatic heterocycles. The number of hydrogen-bond donors (Lipinski definition) is 1. The van der Waals surface area contributed by atoms with E-state index in [1.54, 1.807) is 24.4 Å². The Labute approximate surface area is 147 Å². The average molecular weight is 354 g/mol. The first kappa shape index (κ1) is 16.7. The maximum Gasteiger partial charge on any atom is 0.274 e. The fourth-order valence-corrected chi connectivity index (χ4v) is 3.05. The molecular formula is C17H14N4O3S. The van der Waals surface area contributed by atoms with Gasteiger partial charge in [-0.15, -0.1) is 11.3 Å². The van der Waals surface area contributed by atoms with Gasteiger partial charge < -0.3 is 5.32 Å². The lowest BCUT2D eigenvalue weighted by Crippen LogP contribution is -2.25. The standard InChI is InChI=1S/C17H14N4O3S/c22-16(19-10-12-5-1-2-7-15(12)21(23)24)9-13-11-25-17(20-13)14-6-3-4-8-18-14/h1-8,11H,9-10H2,(H,19,22). The van der Waals surface area contributed by atoms with Crippen LogP contribution in [-0.2, 0) is 17.8 Å². The Morgan fingerprint density at radius 2 is 2.00 bits per heavy atom. The molecule has 0 atom stereocenters. The molecule has 2 heterocycles. The van der Waals surface area contributed by atoms with Gasteiger partial charge >= 0.3 is 0 Å². The number of thiazole rings is 1. The fourth-order valence-electron chi connectivity index (χ4n) is 2.25. The first-order valence-corrected chi connectivity index (χ1v) is 8.36. The van der Waals surface area contributed by atoms with Crippen LogP contribution in [0.5, 0.6) is 0 Å². The van der Waals surface area contributed by atoms with E-state index < -0.39 is 4.92 Å². The lowest BCUT2D eigenvalue weighted by atomic mass is 10.2. The van der Waals surface area contributed by atoms with Crippen LogP contribution >= 0.6 is 11.3 Å². The second-order valence-corrected chi connectivity index (χ2v) is 6.06. The van der Waals surface area contributed by atoms with E-state index in [-0.39, 0.29) is 24.6 Å². The normalized spacial score (nSPS) is 10.4. The van der Waals surface area contributed by atoms with Crippen molar-refractivity contribution in [1.82, 2.24) is 15.3 Å². The number of amides is 1. The minimum absolute atomic E-state index is 0.00565. The fraction of sp³-hybridized carbons (Fsp3) is 0.118. The molecule has 3 rings (SSSR count). The van der Waals surface area contributed by atoms with Crippen LogP contribution in [0.1, 0.15) is 11.3 Å². The molecule has 8 heteroatoms. The molecule has 1 N–H and O–H groups in total. The highest BCUT2D eigenvalue weighted by atomic mass is 32.1. The van der Waals surface area contributed by atoms with Gasteiger partial charge in [-0.25, -0.2) is 4.98 Å². The molecule has 3 aromatic rings. The molecule has 1 aromatic carbocycles. The van der Waals surface area contributed by atoms with Gasteiger partial charge in [0, 0.05) is 29.8 Å². The van der Waals surface area contributed by atoms with Crippen molar-refractivity contribution < 1.29 is 9.72 Å². The third-order valence-electron chi connectivity index (χ3n) is 3.44. The summed E-state index contributed by atoms with van der Waals surface area (Å²) in [5.74, 6) is -0.240. The van der Waals surface area contributed by atoms with Crippen LogP contribution in [0.4, 0.5) is 5.69 Å². The Bertz CT molecular complexity index is 896. The summed E-state index contributed by atoms with van der Waals surface area (Å²) in [5, 5.41) is 16.2. The summed E-state index contributed by atoms with van der Waals surface area (Å²) in [7, 11) is 0. The molecule has 0 radical (unpaired) electrons. The van der Waals surface area contributed by atoms with Crippen molar-refractivity contribution in [2.24, 2.45) is 0 Å². The molecule has 0 saturated carbocycles. The highest BCUT2D eigenvalue weighted by Crippen LogP contribution is 2.21. The number of hydrogen-bond acceptors (Lipinski definition) is 6. The smallest absolute Gasteiger partial charge is 0.274 e. The molecule has 0 aliphatic rings. The van der Waals surface area contributed by atoms with Crippen LogP contribution in [-0.4, -0.2) is 20.8 Å². The maximum absolute atomic E-state index is 12.1. The Morgan fingerprint density at radius 3 is 2.76 bits per heavy atom. The van der Waals surface area contributed by atoms with Crippen molar-refractivity contribution in [3.8, 4) is 10.7 Å². The van der Waals surface area contributed by atoms with Gasteiger partial charge in [0.2, 0.25) is 5.91 Å². The number of aromatic nitrogens is 2. The molecule has 0 fully saturated rings. The van der Waals surface area contributed by atoms with Gasteiger partial charge in [-0.05, 0) is 12.1 Å². The summed E-state index contributed by atoms with van der Waals surface area (Å²) >= 11 is 1.42. The molecule has 126 valence electrons. The zero-order chi connectivity index (χ0) is 17.6. The molecule has 2 aromatic heterocycles. The molecule has 25 heavy (non-hydrogen) atoms. The SMILES string of the molecule is O=C(Cc1csc(-c2ccccn2)n1)NCc1ccccc1[N+](=O)[O-]. The van der Waals surface area contributed by atoms with Gasteiger partial charge in [0.05, 0.1) is 22.7 Å². The number of nitrogens with zero attached hydrogens (tertiary/aromatic N) is 3. The van der Waals surface area contributed by atoms with E-state index in [0.717, 1.165) is 10.7 Å². The number of benzene rings is 1. The van der Waals surface area contributed by atoms with Crippen molar-refractivity contribution in [2.45, 2.75) is 13.0 Å². The van der Waals surface area contributed by atoms with Crippen LogP contribution in [0.25, 0.3) is 10.7 Å². The molecular weight excluding hydrogens is 340 g/mol. The summed E-state index contributed by atoms with van der Waals surface area (Å²) < 4.78 is 0. The van der Waals surface area contributed by atoms with Gasteiger partial charge in [-0.2, -0.15) is 0 Å². The summed E-state index contributed by atoms with van der Waals surface area (Å²) in [6.07, 6.45) is 1.81. The number of para-hydroxylation sites is 1. The minimum Gasteiger partial charge on any atom is -0.351 e. The molecule has 0 bridgehead atoms. The lowest BCUT2D eigenvalue weighted by molar-refractivity contribution is -0.385. The second kappa shape index (κ2) is 7.63. The summed E-state index contributed by atoms with van der Waals surface area (Å²) in [4.78, 5) is 31.2. The Balaban J connectivity index is 1.61. The van der Waals surface area contributed by atoms with E-state index in [1.165, 1.54) is 17.4 Å². The first-order chi connectivity index (χ1) is 12.1. The van der Waals surface area contributed by atoms with Crippen LogP contribution < -0.4 is 5.32 Å². The van der Waals surface area contributed by atoms with Gasteiger partial charge in [0.25, 0.3) is 5.69 Å². The van der Waals surface area contributed by atoms with Crippen molar-refractivity contribution in [3.63, 3.8) is 0 Å². The zero-order valence-electron chi connectivity index (χ0n) is 13.1. The van der Waals surface area contributed by atoms with E-state index >= 15 is 0 Å². The first-order valence-electron chi connectivity index (χ1n) is 7.48. The number of nitrogens with one attached hydrogen (secondary N) is 1. The van der Waals surface area contributed by atoms with E-state index in [2.05, 4.69) is 15.3 Å². The highest BCUT2D eigenvalue weighted by Gasteiger charge is 2.14. The Hall–Kier alpha value is -3.13. The topological polar surface area (TPSA) is 98.0 Å². The third-order valence-corrected chi connectivity index (χ3v) is 4.36. The summed E-state index contributed by atoms with van der Waals surface area (Å²) in [6, 6.07) is 11.9. The highest BCUT2D eigenvalue weighted by molar-refractivity contribution is 7.13. The van der Waals surface area contributed by atoms with Crippen molar-refractivity contribution in [1.29, 1.82) is 0 Å². The molecule has 0 saturated heterocycles. The van der Waals surface area contributed by atoms with Gasteiger partial charge in [0.1, 0.15) is 5.01 Å². The predicted molar refractivity (Wildman–Crippen MR) is 94.0 cm³/mol. The van der Waals surface area contributed by atoms with Crippen LogP contribution in [0.2, 0.25) is 0 Å². The van der Waals surface area contributed by atoms with Crippen LogP contribution in [0.3, 0.4) is 0 Å². The van der Waals surface area contributed by atoms with Crippen molar-refractivity contribution >= 4 is 22.9 Å². The minimum atomic E-state index is -0.457. The van der Waals surface area contributed by atoms with E-state index in [9.17, 15) is 14.9 Å². The number of nitro benzene ring substituents is 1. The lowest BCUT2D eigenvalue weighted by Gasteiger charge is -2.05. The van der Waals surface area contributed by atoms with Crippen LogP contribution in [0, 0.1) is 10.1 Å². The average Bonchev–Trinajstić information content (AvgIpc) is 3.09. The number of nitro groups is 1. The predicted octanol–water partition coefficient (Wildman–Crippen LogP) is 2.97. The van der Waals surface area contributed by atoms with E-state index in [1.807, 2.05) is 23.6 Å². The quantitative estimate of drug-likeness (QED) is 0.542.